The molecular weight excluding hydrogens is 606 g/mol. The van der Waals surface area contributed by atoms with E-state index in [1.165, 1.54) is 5.56 Å². The number of aromatic amines is 1. The molecule has 3 aromatic rings. The predicted molar refractivity (Wildman–Crippen MR) is 177 cm³/mol. The lowest BCUT2D eigenvalue weighted by atomic mass is 9.79. The van der Waals surface area contributed by atoms with Crippen LogP contribution in [0.25, 0.3) is 10.9 Å². The zero-order valence-corrected chi connectivity index (χ0v) is 27.7. The van der Waals surface area contributed by atoms with Gasteiger partial charge in [0.25, 0.3) is 0 Å². The molecule has 46 heavy (non-hydrogen) atoms. The number of hydrogen-bond acceptors (Lipinski definition) is 5. The molecule has 2 aliphatic heterocycles. The molecule has 4 atom stereocenters. The Balaban J connectivity index is 1.33. The monoisotopic (exact) mass is 649 g/mol. The van der Waals surface area contributed by atoms with E-state index < -0.39 is 23.7 Å². The van der Waals surface area contributed by atoms with Gasteiger partial charge in [0, 0.05) is 55.3 Å². The van der Waals surface area contributed by atoms with Crippen molar-refractivity contribution < 1.29 is 23.9 Å². The normalized spacial score (nSPS) is 20.2. The number of hydrogen-bond donors (Lipinski definition) is 3. The number of amides is 4. The third-order valence-corrected chi connectivity index (χ3v) is 9.21. The number of fused-ring (bicyclic) bond motifs is 2. The molecule has 0 spiro atoms. The molecule has 0 bridgehead atoms. The van der Waals surface area contributed by atoms with Gasteiger partial charge in [-0.25, -0.2) is 4.79 Å². The largest absolute Gasteiger partial charge is 0.444 e. The van der Waals surface area contributed by atoms with Crippen LogP contribution < -0.4 is 10.6 Å². The Morgan fingerprint density at radius 1 is 1.02 bits per heavy atom. The fourth-order valence-electron chi connectivity index (χ4n) is 6.69. The number of ether oxygens (including phenoxy) is 1. The lowest BCUT2D eigenvalue weighted by molar-refractivity contribution is -0.140. The van der Waals surface area contributed by atoms with Gasteiger partial charge in [-0.1, -0.05) is 48.0 Å². The molecule has 0 radical (unpaired) electrons. The van der Waals surface area contributed by atoms with Crippen molar-refractivity contribution in [2.45, 2.75) is 58.1 Å². The van der Waals surface area contributed by atoms with Crippen molar-refractivity contribution in [2.24, 2.45) is 17.8 Å². The van der Waals surface area contributed by atoms with Gasteiger partial charge >= 0.3 is 6.09 Å². The molecular formula is C35H44ClN5O5. The van der Waals surface area contributed by atoms with Gasteiger partial charge in [0.2, 0.25) is 17.7 Å². The first kappa shape index (κ1) is 33.3. The number of halogens is 1. The maximum atomic E-state index is 14.0. The molecule has 2 saturated heterocycles. The van der Waals surface area contributed by atoms with Crippen molar-refractivity contribution in [3.05, 3.63) is 70.9 Å². The highest BCUT2D eigenvalue weighted by Crippen LogP contribution is 2.37. The van der Waals surface area contributed by atoms with Gasteiger partial charge in [0.15, 0.2) is 0 Å². The molecule has 2 fully saturated rings. The van der Waals surface area contributed by atoms with E-state index >= 15 is 0 Å². The number of aromatic nitrogens is 1. The second-order valence-electron chi connectivity index (χ2n) is 13.4. The summed E-state index contributed by atoms with van der Waals surface area (Å²) >= 11 is 6.15. The molecule has 2 aromatic carbocycles. The van der Waals surface area contributed by atoms with Gasteiger partial charge in [0.1, 0.15) is 11.6 Å². The standard InChI is InChI=1S/C35H44ClN5O5/c1-35(2,3)46-34(45)41-19-24-18-40(31(42)15-23-17-38-30-16-25(36)13-14-26(23)30)21-28(27(24)20-41)32(43)39-29(33(44)37-4)12-8-11-22-9-6-5-7-10-22/h5-7,9-10,13-14,16-17,24,27-29,38H,8,11-12,15,18-21H2,1-4H3,(H,37,44)(H,39,43)/t24?,27?,28?,29-/m0/s1. The van der Waals surface area contributed by atoms with Crippen molar-refractivity contribution in [2.75, 3.05) is 33.2 Å². The number of aryl methyl sites for hydroxylation is 1. The number of carbonyl (C=O) groups excluding carboxylic acids is 4. The Hall–Kier alpha value is -4.05. The van der Waals surface area contributed by atoms with Crippen LogP contribution in [0.1, 0.15) is 44.7 Å². The van der Waals surface area contributed by atoms with E-state index in [0.29, 0.717) is 37.5 Å². The Kier molecular flexibility index (Phi) is 10.3. The highest BCUT2D eigenvalue weighted by molar-refractivity contribution is 6.31. The first-order valence-electron chi connectivity index (χ1n) is 16.0. The minimum Gasteiger partial charge on any atom is -0.444 e. The summed E-state index contributed by atoms with van der Waals surface area (Å²) in [7, 11) is 1.56. The number of likely N-dealkylation sites (N-methyl/N-ethyl adjacent to an activating group) is 1. The summed E-state index contributed by atoms with van der Waals surface area (Å²) in [5.74, 6) is -1.54. The van der Waals surface area contributed by atoms with E-state index in [1.807, 2.05) is 69.4 Å². The van der Waals surface area contributed by atoms with E-state index in [4.69, 9.17) is 16.3 Å². The highest BCUT2D eigenvalue weighted by Gasteiger charge is 2.48. The number of nitrogens with zero attached hydrogens (tertiary/aromatic N) is 2. The van der Waals surface area contributed by atoms with Crippen LogP contribution in [0.4, 0.5) is 4.79 Å². The second-order valence-corrected chi connectivity index (χ2v) is 13.9. The van der Waals surface area contributed by atoms with Crippen LogP contribution in [0, 0.1) is 17.8 Å². The number of H-pyrrole nitrogens is 1. The molecule has 3 N–H and O–H groups in total. The number of piperidine rings is 1. The van der Waals surface area contributed by atoms with E-state index in [-0.39, 0.29) is 42.5 Å². The first-order chi connectivity index (χ1) is 21.9. The third kappa shape index (κ3) is 8.02. The second kappa shape index (κ2) is 14.2. The van der Waals surface area contributed by atoms with Crippen molar-refractivity contribution in [1.29, 1.82) is 0 Å². The summed E-state index contributed by atoms with van der Waals surface area (Å²) in [6.45, 7) is 6.82. The molecule has 0 saturated carbocycles. The first-order valence-corrected chi connectivity index (χ1v) is 16.4. The summed E-state index contributed by atoms with van der Waals surface area (Å²) in [4.78, 5) is 60.3. The van der Waals surface area contributed by atoms with Crippen molar-refractivity contribution >= 4 is 46.3 Å². The van der Waals surface area contributed by atoms with E-state index in [2.05, 4.69) is 15.6 Å². The fourth-order valence-corrected chi connectivity index (χ4v) is 6.86. The summed E-state index contributed by atoms with van der Waals surface area (Å²) < 4.78 is 5.65. The Labute approximate surface area is 275 Å². The maximum absolute atomic E-state index is 14.0. The highest BCUT2D eigenvalue weighted by atomic mass is 35.5. The van der Waals surface area contributed by atoms with Gasteiger partial charge in [-0.2, -0.15) is 0 Å². The summed E-state index contributed by atoms with van der Waals surface area (Å²) in [6, 6.07) is 14.8. The summed E-state index contributed by atoms with van der Waals surface area (Å²) in [5, 5.41) is 7.22. The van der Waals surface area contributed by atoms with E-state index in [0.717, 1.165) is 22.9 Å². The van der Waals surface area contributed by atoms with Crippen molar-refractivity contribution in [1.82, 2.24) is 25.4 Å². The van der Waals surface area contributed by atoms with Gasteiger partial charge < -0.3 is 30.2 Å². The lowest BCUT2D eigenvalue weighted by Gasteiger charge is -2.40. The minimum absolute atomic E-state index is 0.103. The predicted octanol–water partition coefficient (Wildman–Crippen LogP) is 4.56. The number of benzene rings is 2. The van der Waals surface area contributed by atoms with Gasteiger partial charge in [-0.05, 0) is 75.1 Å². The van der Waals surface area contributed by atoms with Crippen molar-refractivity contribution in [3.8, 4) is 0 Å². The zero-order chi connectivity index (χ0) is 33.0. The van der Waals surface area contributed by atoms with E-state index in [1.54, 1.807) is 22.9 Å². The molecule has 3 heterocycles. The number of nitrogens with one attached hydrogen (secondary N) is 3. The third-order valence-electron chi connectivity index (χ3n) is 8.97. The average Bonchev–Trinajstić information content (AvgIpc) is 3.63. The quantitative estimate of drug-likeness (QED) is 0.314. The molecule has 0 aliphatic carbocycles. The van der Waals surface area contributed by atoms with E-state index in [9.17, 15) is 19.2 Å². The smallest absolute Gasteiger partial charge is 0.410 e. The molecule has 11 heteroatoms. The topological polar surface area (TPSA) is 124 Å². The van der Waals surface area contributed by atoms with Crippen LogP contribution in [0.15, 0.2) is 54.7 Å². The Morgan fingerprint density at radius 3 is 2.48 bits per heavy atom. The van der Waals surface area contributed by atoms with Gasteiger partial charge in [-0.15, -0.1) is 0 Å². The number of carbonyl (C=O) groups is 4. The molecule has 2 aliphatic rings. The lowest BCUT2D eigenvalue weighted by Crippen LogP contribution is -2.56. The Bertz CT molecular complexity index is 1570. The van der Waals surface area contributed by atoms with Gasteiger partial charge in [0.05, 0.1) is 12.3 Å². The Morgan fingerprint density at radius 2 is 1.76 bits per heavy atom. The molecule has 5 rings (SSSR count). The molecule has 1 aromatic heterocycles. The SMILES string of the molecule is CNC(=O)[C@H](CCCc1ccccc1)NC(=O)C1CN(C(=O)Cc2c[nH]c3cc(Cl)ccc23)CC2CN(C(=O)OC(C)(C)C)CC21. The fraction of sp³-hybridized carbons (Fsp3) is 0.486. The molecule has 246 valence electrons. The summed E-state index contributed by atoms with van der Waals surface area (Å²) in [6.07, 6.45) is 3.51. The number of likely N-dealkylation sites (tertiary alicyclic amines) is 2. The molecule has 4 amide bonds. The summed E-state index contributed by atoms with van der Waals surface area (Å²) in [5.41, 5.74) is 2.20. The van der Waals surface area contributed by atoms with Crippen LogP contribution in [0.3, 0.4) is 0 Å². The maximum Gasteiger partial charge on any atom is 0.410 e. The molecule has 10 nitrogen and oxygen atoms in total. The van der Waals surface area contributed by atoms with Crippen LogP contribution in [0.2, 0.25) is 5.02 Å². The van der Waals surface area contributed by atoms with Crippen LogP contribution in [0.5, 0.6) is 0 Å². The number of rotatable bonds is 9. The van der Waals surface area contributed by atoms with Crippen molar-refractivity contribution in [3.63, 3.8) is 0 Å². The minimum atomic E-state index is -0.716. The zero-order valence-electron chi connectivity index (χ0n) is 27.0. The van der Waals surface area contributed by atoms with Gasteiger partial charge in [-0.3, -0.25) is 14.4 Å². The van der Waals surface area contributed by atoms with Crippen LogP contribution in [-0.4, -0.2) is 83.5 Å². The molecule has 3 unspecified atom stereocenters. The van der Waals surface area contributed by atoms with Crippen LogP contribution >= 0.6 is 11.6 Å². The van der Waals surface area contributed by atoms with Crippen LogP contribution in [-0.2, 0) is 32.0 Å². The average molecular weight is 650 g/mol.